The third kappa shape index (κ3) is 3.17. The zero-order valence-corrected chi connectivity index (χ0v) is 12.6. The average molecular weight is 305 g/mol. The van der Waals surface area contributed by atoms with Crippen LogP contribution in [-0.2, 0) is 6.54 Å². The number of benzene rings is 2. The van der Waals surface area contributed by atoms with Gasteiger partial charge in [0.1, 0.15) is 0 Å². The van der Waals surface area contributed by atoms with Gasteiger partial charge in [0.2, 0.25) is 0 Å². The first kappa shape index (κ1) is 13.9. The summed E-state index contributed by atoms with van der Waals surface area (Å²) < 4.78 is 0. The van der Waals surface area contributed by atoms with Gasteiger partial charge in [0.05, 0.1) is 10.0 Å². The van der Waals surface area contributed by atoms with Gasteiger partial charge >= 0.3 is 0 Å². The van der Waals surface area contributed by atoms with E-state index in [1.807, 2.05) is 12.1 Å². The lowest BCUT2D eigenvalue weighted by Gasteiger charge is -2.16. The molecule has 1 unspecified atom stereocenters. The van der Waals surface area contributed by atoms with Crippen LogP contribution in [0.25, 0.3) is 0 Å². The highest BCUT2D eigenvalue weighted by atomic mass is 35.5. The fourth-order valence-electron chi connectivity index (χ4n) is 2.66. The van der Waals surface area contributed by atoms with Crippen LogP contribution < -0.4 is 0 Å². The van der Waals surface area contributed by atoms with E-state index >= 15 is 0 Å². The second kappa shape index (κ2) is 6.17. The van der Waals surface area contributed by atoms with Gasteiger partial charge in [0.15, 0.2) is 0 Å². The Kier molecular flexibility index (Phi) is 4.30. The summed E-state index contributed by atoms with van der Waals surface area (Å²) in [7, 11) is 0. The predicted octanol–water partition coefficient (Wildman–Crippen LogP) is 4.80. The molecule has 0 saturated carbocycles. The van der Waals surface area contributed by atoms with E-state index < -0.39 is 0 Å². The minimum Gasteiger partial charge on any atom is -0.298 e. The van der Waals surface area contributed by atoms with Crippen molar-refractivity contribution in [2.75, 3.05) is 13.1 Å². The molecule has 1 saturated heterocycles. The molecule has 0 aromatic heterocycles. The van der Waals surface area contributed by atoms with Gasteiger partial charge in [0.25, 0.3) is 0 Å². The highest BCUT2D eigenvalue weighted by Gasteiger charge is 2.24. The predicted molar refractivity (Wildman–Crippen MR) is 85.2 cm³/mol. The first-order valence-electron chi connectivity index (χ1n) is 6.77. The molecule has 0 amide bonds. The van der Waals surface area contributed by atoms with Crippen molar-refractivity contribution in [3.05, 3.63) is 76.1 Å². The smallest absolute Gasteiger partial charge is 0.0595 e. The standard InChI is InChI=1S/C17H16Cl2N/c18-16-7-6-14(10-17(16)19)15-8-9-20(12-15)11-13-4-2-1-3-5-13/h1-8,10,15H,9,11-12H2. The molecule has 1 aliphatic heterocycles. The highest BCUT2D eigenvalue weighted by molar-refractivity contribution is 6.42. The van der Waals surface area contributed by atoms with Gasteiger partial charge in [-0.3, -0.25) is 4.90 Å². The molecular weight excluding hydrogens is 289 g/mol. The fourth-order valence-corrected chi connectivity index (χ4v) is 2.97. The Morgan fingerprint density at radius 3 is 2.55 bits per heavy atom. The molecule has 1 nitrogen and oxygen atoms in total. The molecule has 1 fully saturated rings. The molecular formula is C17H16Cl2N. The Hall–Kier alpha value is -1.02. The van der Waals surface area contributed by atoms with E-state index in [0.717, 1.165) is 19.6 Å². The van der Waals surface area contributed by atoms with Gasteiger partial charge in [-0.05, 0) is 29.7 Å². The molecule has 0 N–H and O–H groups in total. The Bertz CT molecular complexity index is 583. The number of nitrogens with zero attached hydrogens (tertiary/aromatic N) is 1. The number of halogens is 2. The molecule has 2 aromatic carbocycles. The van der Waals surface area contributed by atoms with Crippen LogP contribution in [0.4, 0.5) is 0 Å². The van der Waals surface area contributed by atoms with Crippen LogP contribution in [-0.4, -0.2) is 18.0 Å². The zero-order valence-electron chi connectivity index (χ0n) is 11.1. The van der Waals surface area contributed by atoms with Crippen molar-refractivity contribution in [2.24, 2.45) is 0 Å². The van der Waals surface area contributed by atoms with Gasteiger partial charge in [-0.1, -0.05) is 59.6 Å². The lowest BCUT2D eigenvalue weighted by molar-refractivity contribution is 0.330. The number of rotatable bonds is 3. The van der Waals surface area contributed by atoms with Crippen LogP contribution in [0.3, 0.4) is 0 Å². The van der Waals surface area contributed by atoms with E-state index in [-0.39, 0.29) is 0 Å². The third-order valence-electron chi connectivity index (χ3n) is 3.72. The summed E-state index contributed by atoms with van der Waals surface area (Å²) in [6, 6.07) is 16.5. The molecule has 1 heterocycles. The SMILES string of the molecule is Clc1ccc(C2[CH]CN(Cc3ccccc3)C2)cc1Cl. The van der Waals surface area contributed by atoms with E-state index in [1.165, 1.54) is 11.1 Å². The maximum absolute atomic E-state index is 6.10. The monoisotopic (exact) mass is 304 g/mol. The molecule has 1 atom stereocenters. The molecule has 1 aliphatic rings. The van der Waals surface area contributed by atoms with E-state index in [4.69, 9.17) is 23.2 Å². The lowest BCUT2D eigenvalue weighted by Crippen LogP contribution is -2.19. The first-order chi connectivity index (χ1) is 9.72. The second-order valence-corrected chi connectivity index (χ2v) is 6.01. The Morgan fingerprint density at radius 1 is 1.00 bits per heavy atom. The number of hydrogen-bond acceptors (Lipinski definition) is 1. The molecule has 103 valence electrons. The van der Waals surface area contributed by atoms with Gasteiger partial charge < -0.3 is 0 Å². The zero-order chi connectivity index (χ0) is 13.9. The fraction of sp³-hybridized carbons (Fsp3) is 0.235. The van der Waals surface area contributed by atoms with Gasteiger partial charge in [-0.2, -0.15) is 0 Å². The molecule has 1 radical (unpaired) electrons. The van der Waals surface area contributed by atoms with Gasteiger partial charge in [0, 0.05) is 25.6 Å². The molecule has 0 spiro atoms. The molecule has 2 aromatic rings. The van der Waals surface area contributed by atoms with E-state index in [1.54, 1.807) is 0 Å². The summed E-state index contributed by atoms with van der Waals surface area (Å²) in [5.41, 5.74) is 2.60. The van der Waals surface area contributed by atoms with E-state index in [9.17, 15) is 0 Å². The largest absolute Gasteiger partial charge is 0.298 e. The van der Waals surface area contributed by atoms with E-state index in [0.29, 0.717) is 16.0 Å². The second-order valence-electron chi connectivity index (χ2n) is 5.20. The maximum atomic E-state index is 6.10. The summed E-state index contributed by atoms with van der Waals surface area (Å²) in [5.74, 6) is 0.438. The van der Waals surface area contributed by atoms with Crippen molar-refractivity contribution in [3.8, 4) is 0 Å². The van der Waals surface area contributed by atoms with Crippen LogP contribution in [0.15, 0.2) is 48.5 Å². The lowest BCUT2D eigenvalue weighted by atomic mass is 9.99. The Balaban J connectivity index is 1.66. The van der Waals surface area contributed by atoms with Crippen molar-refractivity contribution in [2.45, 2.75) is 12.5 Å². The minimum atomic E-state index is 0.438. The quantitative estimate of drug-likeness (QED) is 0.787. The summed E-state index contributed by atoms with van der Waals surface area (Å²) in [6.07, 6.45) is 2.35. The summed E-state index contributed by atoms with van der Waals surface area (Å²) in [4.78, 5) is 2.45. The van der Waals surface area contributed by atoms with Crippen LogP contribution in [0.1, 0.15) is 17.0 Å². The van der Waals surface area contributed by atoms with Crippen molar-refractivity contribution < 1.29 is 0 Å². The normalized spacial score (nSPS) is 19.4. The van der Waals surface area contributed by atoms with Crippen molar-refractivity contribution in [3.63, 3.8) is 0 Å². The van der Waals surface area contributed by atoms with Crippen LogP contribution in [0.2, 0.25) is 10.0 Å². The summed E-state index contributed by atoms with van der Waals surface area (Å²) >= 11 is 12.1. The maximum Gasteiger partial charge on any atom is 0.0595 e. The Morgan fingerprint density at radius 2 is 1.80 bits per heavy atom. The molecule has 3 rings (SSSR count). The molecule has 0 bridgehead atoms. The molecule has 20 heavy (non-hydrogen) atoms. The minimum absolute atomic E-state index is 0.438. The van der Waals surface area contributed by atoms with E-state index in [2.05, 4.69) is 47.7 Å². The topological polar surface area (TPSA) is 3.24 Å². The van der Waals surface area contributed by atoms with Crippen LogP contribution in [0.5, 0.6) is 0 Å². The van der Waals surface area contributed by atoms with Crippen molar-refractivity contribution in [1.82, 2.24) is 4.90 Å². The number of likely N-dealkylation sites (tertiary alicyclic amines) is 1. The average Bonchev–Trinajstić information content (AvgIpc) is 2.91. The van der Waals surface area contributed by atoms with Crippen LogP contribution >= 0.6 is 23.2 Å². The first-order valence-corrected chi connectivity index (χ1v) is 7.52. The van der Waals surface area contributed by atoms with Crippen LogP contribution in [0, 0.1) is 6.42 Å². The van der Waals surface area contributed by atoms with Crippen molar-refractivity contribution in [1.29, 1.82) is 0 Å². The number of hydrogen-bond donors (Lipinski definition) is 0. The third-order valence-corrected chi connectivity index (χ3v) is 4.46. The Labute approximate surface area is 130 Å². The molecule has 0 aliphatic carbocycles. The van der Waals surface area contributed by atoms with Crippen molar-refractivity contribution >= 4 is 23.2 Å². The van der Waals surface area contributed by atoms with Gasteiger partial charge in [-0.15, -0.1) is 0 Å². The van der Waals surface area contributed by atoms with Gasteiger partial charge in [-0.25, -0.2) is 0 Å². The summed E-state index contributed by atoms with van der Waals surface area (Å²) in [5, 5.41) is 1.26. The molecule has 3 heteroatoms. The summed E-state index contributed by atoms with van der Waals surface area (Å²) in [6.45, 7) is 3.04. The highest BCUT2D eigenvalue weighted by Crippen LogP contribution is 2.31.